The fourth-order valence-corrected chi connectivity index (χ4v) is 2.42. The van der Waals surface area contributed by atoms with Crippen molar-refractivity contribution < 1.29 is 4.39 Å². The van der Waals surface area contributed by atoms with E-state index in [1.165, 1.54) is 18.9 Å². The molecule has 2 aromatic rings. The number of benzene rings is 2. The van der Waals surface area contributed by atoms with Gasteiger partial charge in [0, 0.05) is 18.2 Å². The molecule has 3 rings (SSSR count). The lowest BCUT2D eigenvalue weighted by Gasteiger charge is -2.09. The third kappa shape index (κ3) is 3.14. The maximum absolute atomic E-state index is 14.0. The number of halogens is 3. The predicted molar refractivity (Wildman–Crippen MR) is 81.7 cm³/mol. The van der Waals surface area contributed by atoms with Gasteiger partial charge in [0.1, 0.15) is 5.82 Å². The fourth-order valence-electron chi connectivity index (χ4n) is 2.12. The number of rotatable bonds is 4. The first-order chi connectivity index (χ1) is 9.63. The Labute approximate surface area is 127 Å². The van der Waals surface area contributed by atoms with E-state index in [2.05, 4.69) is 5.32 Å². The van der Waals surface area contributed by atoms with Crippen molar-refractivity contribution in [3.05, 3.63) is 57.8 Å². The molecule has 0 spiro atoms. The van der Waals surface area contributed by atoms with Gasteiger partial charge in [-0.15, -0.1) is 0 Å². The third-order valence-electron chi connectivity index (χ3n) is 3.43. The molecule has 1 nitrogen and oxygen atoms in total. The minimum atomic E-state index is -0.251. The first kappa shape index (κ1) is 13.9. The molecule has 1 aliphatic carbocycles. The van der Waals surface area contributed by atoms with E-state index in [0.717, 1.165) is 17.7 Å². The normalized spacial score (nSPS) is 14.6. The quantitative estimate of drug-likeness (QED) is 0.833. The van der Waals surface area contributed by atoms with Crippen LogP contribution in [0.4, 0.5) is 4.39 Å². The molecule has 0 heterocycles. The van der Waals surface area contributed by atoms with E-state index < -0.39 is 0 Å². The van der Waals surface area contributed by atoms with E-state index in [1.807, 2.05) is 12.1 Å². The van der Waals surface area contributed by atoms with E-state index in [9.17, 15) is 4.39 Å². The highest BCUT2D eigenvalue weighted by Gasteiger charge is 2.20. The lowest BCUT2D eigenvalue weighted by atomic mass is 10.0. The molecule has 20 heavy (non-hydrogen) atoms. The maximum Gasteiger partial charge on any atom is 0.131 e. The number of nitrogens with one attached hydrogen (secondary N) is 1. The summed E-state index contributed by atoms with van der Waals surface area (Å²) in [6.07, 6.45) is 2.47. The van der Waals surface area contributed by atoms with Crippen molar-refractivity contribution in [3.8, 4) is 11.1 Å². The van der Waals surface area contributed by atoms with Gasteiger partial charge < -0.3 is 5.32 Å². The molecule has 104 valence electrons. The molecule has 0 atom stereocenters. The largest absolute Gasteiger partial charge is 0.310 e. The van der Waals surface area contributed by atoms with Crippen molar-refractivity contribution in [3.63, 3.8) is 0 Å². The first-order valence-electron chi connectivity index (χ1n) is 6.61. The van der Waals surface area contributed by atoms with E-state index >= 15 is 0 Å². The molecule has 4 heteroatoms. The van der Waals surface area contributed by atoms with E-state index in [0.29, 0.717) is 21.7 Å². The molecule has 1 fully saturated rings. The number of hydrogen-bond donors (Lipinski definition) is 1. The topological polar surface area (TPSA) is 12.0 Å². The van der Waals surface area contributed by atoms with Gasteiger partial charge in [-0.25, -0.2) is 4.39 Å². The smallest absolute Gasteiger partial charge is 0.131 e. The third-order valence-corrected chi connectivity index (χ3v) is 4.17. The number of hydrogen-bond acceptors (Lipinski definition) is 1. The van der Waals surface area contributed by atoms with Crippen molar-refractivity contribution in [2.24, 2.45) is 0 Å². The zero-order valence-electron chi connectivity index (χ0n) is 10.8. The van der Waals surface area contributed by atoms with Crippen molar-refractivity contribution in [1.82, 2.24) is 5.32 Å². The fraction of sp³-hybridized carbons (Fsp3) is 0.250. The zero-order chi connectivity index (χ0) is 14.1. The molecule has 0 aromatic heterocycles. The van der Waals surface area contributed by atoms with Crippen LogP contribution in [0.25, 0.3) is 11.1 Å². The van der Waals surface area contributed by atoms with Crippen LogP contribution < -0.4 is 5.32 Å². The Morgan fingerprint density at radius 3 is 2.55 bits per heavy atom. The average molecular weight is 310 g/mol. The summed E-state index contributed by atoms with van der Waals surface area (Å²) < 4.78 is 14.0. The van der Waals surface area contributed by atoms with Gasteiger partial charge in [-0.05, 0) is 48.2 Å². The van der Waals surface area contributed by atoms with Gasteiger partial charge in [0.2, 0.25) is 0 Å². The van der Waals surface area contributed by atoms with Gasteiger partial charge in [0.25, 0.3) is 0 Å². The van der Waals surface area contributed by atoms with Crippen LogP contribution in [0, 0.1) is 5.82 Å². The van der Waals surface area contributed by atoms with Gasteiger partial charge in [0.15, 0.2) is 0 Å². The summed E-state index contributed by atoms with van der Waals surface area (Å²) in [5.41, 5.74) is 2.36. The van der Waals surface area contributed by atoms with Crippen LogP contribution in [0.3, 0.4) is 0 Å². The highest BCUT2D eigenvalue weighted by Crippen LogP contribution is 2.30. The minimum absolute atomic E-state index is 0.251. The molecule has 0 amide bonds. The second-order valence-electron chi connectivity index (χ2n) is 5.10. The Morgan fingerprint density at radius 2 is 1.85 bits per heavy atom. The molecule has 0 unspecified atom stereocenters. The highest BCUT2D eigenvalue weighted by molar-refractivity contribution is 6.42. The minimum Gasteiger partial charge on any atom is -0.310 e. The molecular formula is C16H14Cl2FN. The zero-order valence-corrected chi connectivity index (χ0v) is 12.3. The molecule has 1 saturated carbocycles. The Kier molecular flexibility index (Phi) is 3.97. The molecule has 0 bridgehead atoms. The van der Waals surface area contributed by atoms with Crippen molar-refractivity contribution >= 4 is 23.2 Å². The Morgan fingerprint density at radius 1 is 1.05 bits per heavy atom. The van der Waals surface area contributed by atoms with Crippen molar-refractivity contribution in [2.75, 3.05) is 0 Å². The molecule has 2 aromatic carbocycles. The molecule has 1 N–H and O–H groups in total. The highest BCUT2D eigenvalue weighted by atomic mass is 35.5. The Hall–Kier alpha value is -1.09. The summed E-state index contributed by atoms with van der Waals surface area (Å²) in [4.78, 5) is 0. The van der Waals surface area contributed by atoms with Crippen LogP contribution in [0.2, 0.25) is 10.0 Å². The second kappa shape index (κ2) is 5.72. The first-order valence-corrected chi connectivity index (χ1v) is 7.36. The monoisotopic (exact) mass is 309 g/mol. The molecule has 0 radical (unpaired) electrons. The lowest BCUT2D eigenvalue weighted by molar-refractivity contribution is 0.628. The van der Waals surface area contributed by atoms with Crippen LogP contribution in [0.5, 0.6) is 0 Å². The van der Waals surface area contributed by atoms with E-state index in [4.69, 9.17) is 23.2 Å². The maximum atomic E-state index is 14.0. The van der Waals surface area contributed by atoms with Gasteiger partial charge in [0.05, 0.1) is 10.0 Å². The Bertz CT molecular complexity index is 638. The standard InChI is InChI=1S/C16H14Cl2FN/c17-14-5-2-11(8-15(14)18)13-7-10(1-6-16(13)19)9-20-12-3-4-12/h1-2,5-8,12,20H,3-4,9H2. The summed E-state index contributed by atoms with van der Waals surface area (Å²) in [7, 11) is 0. The van der Waals surface area contributed by atoms with Crippen molar-refractivity contribution in [1.29, 1.82) is 0 Å². The van der Waals surface area contributed by atoms with Crippen LogP contribution >= 0.6 is 23.2 Å². The van der Waals surface area contributed by atoms with E-state index in [-0.39, 0.29) is 5.82 Å². The van der Waals surface area contributed by atoms with Crippen LogP contribution in [-0.4, -0.2) is 6.04 Å². The molecular weight excluding hydrogens is 296 g/mol. The molecule has 0 aliphatic heterocycles. The second-order valence-corrected chi connectivity index (χ2v) is 5.91. The summed E-state index contributed by atoms with van der Waals surface area (Å²) in [6.45, 7) is 0.763. The van der Waals surface area contributed by atoms with Gasteiger partial charge in [-0.3, -0.25) is 0 Å². The van der Waals surface area contributed by atoms with Crippen LogP contribution in [0.1, 0.15) is 18.4 Å². The van der Waals surface area contributed by atoms with E-state index in [1.54, 1.807) is 18.2 Å². The van der Waals surface area contributed by atoms with Crippen molar-refractivity contribution in [2.45, 2.75) is 25.4 Å². The summed E-state index contributed by atoms with van der Waals surface area (Å²) in [6, 6.07) is 11.0. The average Bonchev–Trinajstić information content (AvgIpc) is 3.25. The lowest BCUT2D eigenvalue weighted by Crippen LogP contribution is -2.15. The Balaban J connectivity index is 1.89. The summed E-state index contributed by atoms with van der Waals surface area (Å²) >= 11 is 11.9. The summed E-state index contributed by atoms with van der Waals surface area (Å²) in [5.74, 6) is -0.251. The van der Waals surface area contributed by atoms with Gasteiger partial charge in [-0.2, -0.15) is 0 Å². The van der Waals surface area contributed by atoms with Gasteiger partial charge in [-0.1, -0.05) is 35.3 Å². The summed E-state index contributed by atoms with van der Waals surface area (Å²) in [5, 5.41) is 4.33. The molecule has 1 aliphatic rings. The van der Waals surface area contributed by atoms with Crippen LogP contribution in [-0.2, 0) is 6.54 Å². The van der Waals surface area contributed by atoms with Crippen LogP contribution in [0.15, 0.2) is 36.4 Å². The SMILES string of the molecule is Fc1ccc(CNC2CC2)cc1-c1ccc(Cl)c(Cl)c1. The molecule has 0 saturated heterocycles. The van der Waals surface area contributed by atoms with Gasteiger partial charge >= 0.3 is 0 Å². The predicted octanol–water partition coefficient (Wildman–Crippen LogP) is 5.05.